The van der Waals surface area contributed by atoms with E-state index in [2.05, 4.69) is 32.7 Å². The van der Waals surface area contributed by atoms with Gasteiger partial charge >= 0.3 is 0 Å². The molecule has 0 radical (unpaired) electrons. The molecule has 0 unspecified atom stereocenters. The molecule has 0 heterocycles. The van der Waals surface area contributed by atoms with Crippen molar-refractivity contribution in [3.63, 3.8) is 0 Å². The quantitative estimate of drug-likeness (QED) is 0.735. The van der Waals surface area contributed by atoms with Crippen molar-refractivity contribution in [3.05, 3.63) is 42.5 Å². The van der Waals surface area contributed by atoms with Gasteiger partial charge in [0.2, 0.25) is 5.91 Å². The van der Waals surface area contributed by atoms with Crippen LogP contribution in [-0.2, 0) is 10.2 Å². The molecule has 1 amide bonds. The highest BCUT2D eigenvalue weighted by Gasteiger charge is 2.17. The third-order valence-electron chi connectivity index (χ3n) is 2.18. The van der Waals surface area contributed by atoms with Crippen LogP contribution in [0.25, 0.3) is 0 Å². The van der Waals surface area contributed by atoms with E-state index in [1.807, 2.05) is 24.3 Å². The molecule has 0 saturated heterocycles. The molecule has 0 fully saturated rings. The summed E-state index contributed by atoms with van der Waals surface area (Å²) in [4.78, 5) is 11.2. The number of amides is 1. The maximum atomic E-state index is 11.2. The predicted molar refractivity (Wildman–Crippen MR) is 64.0 cm³/mol. The molecule has 1 aromatic carbocycles. The highest BCUT2D eigenvalue weighted by molar-refractivity contribution is 5.99. The lowest BCUT2D eigenvalue weighted by molar-refractivity contribution is -0.111. The van der Waals surface area contributed by atoms with Crippen molar-refractivity contribution < 1.29 is 4.79 Å². The van der Waals surface area contributed by atoms with Crippen molar-refractivity contribution in [1.82, 2.24) is 0 Å². The number of hydrogen-bond donors (Lipinski definition) is 1. The van der Waals surface area contributed by atoms with Crippen LogP contribution < -0.4 is 5.32 Å². The Hall–Kier alpha value is -1.57. The van der Waals surface area contributed by atoms with Gasteiger partial charge < -0.3 is 5.32 Å². The second kappa shape index (κ2) is 4.30. The number of carbonyl (C=O) groups is 1. The normalized spacial score (nSPS) is 10.9. The van der Waals surface area contributed by atoms with E-state index < -0.39 is 0 Å². The van der Waals surface area contributed by atoms with E-state index in [0.29, 0.717) is 0 Å². The molecule has 1 aromatic rings. The van der Waals surface area contributed by atoms with E-state index >= 15 is 0 Å². The molecule has 15 heavy (non-hydrogen) atoms. The first-order chi connectivity index (χ1) is 6.95. The van der Waals surface area contributed by atoms with Crippen LogP contribution in [0.2, 0.25) is 0 Å². The molecule has 0 bridgehead atoms. The highest BCUT2D eigenvalue weighted by Crippen LogP contribution is 2.29. The van der Waals surface area contributed by atoms with Crippen LogP contribution >= 0.6 is 0 Å². The van der Waals surface area contributed by atoms with Crippen LogP contribution in [0.15, 0.2) is 36.9 Å². The van der Waals surface area contributed by atoms with E-state index in [0.717, 1.165) is 11.3 Å². The zero-order valence-electron chi connectivity index (χ0n) is 9.50. The lowest BCUT2D eigenvalue weighted by atomic mass is 9.86. The largest absolute Gasteiger partial charge is 0.322 e. The number of nitrogens with one attached hydrogen (secondary N) is 1. The van der Waals surface area contributed by atoms with Gasteiger partial charge in [-0.1, -0.05) is 45.5 Å². The van der Waals surface area contributed by atoms with Gasteiger partial charge in [0.25, 0.3) is 0 Å². The first-order valence-electron chi connectivity index (χ1n) is 4.98. The van der Waals surface area contributed by atoms with E-state index in [1.165, 1.54) is 6.08 Å². The van der Waals surface area contributed by atoms with Crippen molar-refractivity contribution in [3.8, 4) is 0 Å². The number of hydrogen-bond acceptors (Lipinski definition) is 1. The first-order valence-corrected chi connectivity index (χ1v) is 4.98. The molecule has 2 nitrogen and oxygen atoms in total. The Morgan fingerprint density at radius 1 is 1.33 bits per heavy atom. The van der Waals surface area contributed by atoms with E-state index in [-0.39, 0.29) is 11.3 Å². The lowest BCUT2D eigenvalue weighted by Gasteiger charge is -2.22. The zero-order valence-corrected chi connectivity index (χ0v) is 9.50. The Morgan fingerprint density at radius 2 is 1.93 bits per heavy atom. The molecule has 0 aliphatic heterocycles. The van der Waals surface area contributed by atoms with Gasteiger partial charge in [-0.05, 0) is 23.1 Å². The molecular formula is C13H17NO. The number of benzene rings is 1. The fraction of sp³-hybridized carbons (Fsp3) is 0.308. The molecule has 80 valence electrons. The summed E-state index contributed by atoms with van der Waals surface area (Å²) in [6.07, 6.45) is 1.28. The third kappa shape index (κ3) is 2.94. The molecule has 1 rings (SSSR count). The second-order valence-corrected chi connectivity index (χ2v) is 4.49. The molecule has 0 saturated carbocycles. The summed E-state index contributed by atoms with van der Waals surface area (Å²) in [6, 6.07) is 7.82. The van der Waals surface area contributed by atoms with Crippen LogP contribution in [0.1, 0.15) is 26.3 Å². The van der Waals surface area contributed by atoms with Gasteiger partial charge in [0.15, 0.2) is 0 Å². The molecule has 2 heteroatoms. The van der Waals surface area contributed by atoms with Gasteiger partial charge in [0.1, 0.15) is 0 Å². The zero-order chi connectivity index (χ0) is 11.5. The average molecular weight is 203 g/mol. The summed E-state index contributed by atoms with van der Waals surface area (Å²) in [5.74, 6) is -0.174. The summed E-state index contributed by atoms with van der Waals surface area (Å²) >= 11 is 0. The average Bonchev–Trinajstić information content (AvgIpc) is 2.17. The molecule has 0 aliphatic rings. The monoisotopic (exact) mass is 203 g/mol. The maximum absolute atomic E-state index is 11.2. The first kappa shape index (κ1) is 11.5. The Labute approximate surface area is 91.0 Å². The Balaban J connectivity index is 3.07. The molecule has 0 aliphatic carbocycles. The number of carbonyl (C=O) groups excluding carboxylic acids is 1. The lowest BCUT2D eigenvalue weighted by Crippen LogP contribution is -2.17. The van der Waals surface area contributed by atoms with Crippen molar-refractivity contribution >= 4 is 11.6 Å². The topological polar surface area (TPSA) is 29.1 Å². The summed E-state index contributed by atoms with van der Waals surface area (Å²) in [6.45, 7) is 9.79. The van der Waals surface area contributed by atoms with E-state index in [1.54, 1.807) is 0 Å². The minimum absolute atomic E-state index is 0.0189. The minimum atomic E-state index is -0.174. The SMILES string of the molecule is C=CC(=O)Nc1ccccc1C(C)(C)C. The van der Waals surface area contributed by atoms with Gasteiger partial charge in [0, 0.05) is 5.69 Å². The van der Waals surface area contributed by atoms with Crippen LogP contribution in [-0.4, -0.2) is 5.91 Å². The smallest absolute Gasteiger partial charge is 0.247 e. The van der Waals surface area contributed by atoms with Crippen molar-refractivity contribution in [2.75, 3.05) is 5.32 Å². The van der Waals surface area contributed by atoms with Crippen LogP contribution in [0.3, 0.4) is 0 Å². The highest BCUT2D eigenvalue weighted by atomic mass is 16.1. The van der Waals surface area contributed by atoms with E-state index in [4.69, 9.17) is 0 Å². The Bertz CT molecular complexity index is 374. The van der Waals surface area contributed by atoms with Gasteiger partial charge in [0.05, 0.1) is 0 Å². The Morgan fingerprint density at radius 3 is 2.47 bits per heavy atom. The van der Waals surface area contributed by atoms with Crippen molar-refractivity contribution in [1.29, 1.82) is 0 Å². The number of rotatable bonds is 2. The molecule has 1 N–H and O–H groups in total. The second-order valence-electron chi connectivity index (χ2n) is 4.49. The molecule has 0 atom stereocenters. The van der Waals surface area contributed by atoms with Gasteiger partial charge in [-0.3, -0.25) is 4.79 Å². The molecule has 0 spiro atoms. The van der Waals surface area contributed by atoms with Crippen LogP contribution in [0.5, 0.6) is 0 Å². The van der Waals surface area contributed by atoms with Crippen molar-refractivity contribution in [2.45, 2.75) is 26.2 Å². The Kier molecular flexibility index (Phi) is 3.30. The fourth-order valence-corrected chi connectivity index (χ4v) is 1.43. The summed E-state index contributed by atoms with van der Waals surface area (Å²) < 4.78 is 0. The summed E-state index contributed by atoms with van der Waals surface area (Å²) in [5.41, 5.74) is 2.00. The third-order valence-corrected chi connectivity index (χ3v) is 2.18. The standard InChI is InChI=1S/C13H17NO/c1-5-12(15)14-11-9-7-6-8-10(11)13(2,3)4/h5-9H,1H2,2-4H3,(H,14,15). The maximum Gasteiger partial charge on any atom is 0.247 e. The van der Waals surface area contributed by atoms with Gasteiger partial charge in [-0.2, -0.15) is 0 Å². The van der Waals surface area contributed by atoms with Crippen LogP contribution in [0, 0.1) is 0 Å². The summed E-state index contributed by atoms with van der Waals surface area (Å²) in [7, 11) is 0. The fourth-order valence-electron chi connectivity index (χ4n) is 1.43. The van der Waals surface area contributed by atoms with Gasteiger partial charge in [-0.15, -0.1) is 0 Å². The predicted octanol–water partition coefficient (Wildman–Crippen LogP) is 3.11. The van der Waals surface area contributed by atoms with Crippen LogP contribution in [0.4, 0.5) is 5.69 Å². The van der Waals surface area contributed by atoms with Gasteiger partial charge in [-0.25, -0.2) is 0 Å². The molecule has 0 aromatic heterocycles. The number of anilines is 1. The van der Waals surface area contributed by atoms with E-state index in [9.17, 15) is 4.79 Å². The number of para-hydroxylation sites is 1. The molecular weight excluding hydrogens is 186 g/mol. The minimum Gasteiger partial charge on any atom is -0.322 e. The summed E-state index contributed by atoms with van der Waals surface area (Å²) in [5, 5.41) is 2.81. The van der Waals surface area contributed by atoms with Crippen molar-refractivity contribution in [2.24, 2.45) is 0 Å².